The summed E-state index contributed by atoms with van der Waals surface area (Å²) >= 11 is 1.37. The van der Waals surface area contributed by atoms with E-state index in [1.165, 1.54) is 11.8 Å². The van der Waals surface area contributed by atoms with Crippen molar-refractivity contribution in [2.24, 2.45) is 0 Å². The number of rotatable bonds is 12. The molecular formula is C32H38F6N6O6S3. The Labute approximate surface area is 307 Å². The molecule has 53 heavy (non-hydrogen) atoms. The quantitative estimate of drug-likeness (QED) is 0.154. The zero-order valence-corrected chi connectivity index (χ0v) is 31.6. The molecule has 0 unspecified atom stereocenters. The van der Waals surface area contributed by atoms with Gasteiger partial charge in [-0.2, -0.15) is 26.3 Å². The average molecular weight is 813 g/mol. The number of carbonyl (C=O) groups is 1. The molecule has 1 amide bonds. The van der Waals surface area contributed by atoms with E-state index in [4.69, 9.17) is 4.74 Å². The Kier molecular flexibility index (Phi) is 12.6. The smallest absolute Gasteiger partial charge is 0.444 e. The summed E-state index contributed by atoms with van der Waals surface area (Å²) < 4.78 is 144. The van der Waals surface area contributed by atoms with Gasteiger partial charge in [-0.25, -0.2) is 31.6 Å². The maximum atomic E-state index is 14.0. The first-order valence-electron chi connectivity index (χ1n) is 15.9. The van der Waals surface area contributed by atoms with Gasteiger partial charge in [0, 0.05) is 28.8 Å². The van der Waals surface area contributed by atoms with Crippen LogP contribution < -0.4 is 10.0 Å². The topological polar surface area (TPSA) is 151 Å². The van der Waals surface area contributed by atoms with Crippen molar-refractivity contribution in [3.8, 4) is 0 Å². The largest absolute Gasteiger partial charge is 0.501 e. The van der Waals surface area contributed by atoms with E-state index in [9.17, 15) is 48.0 Å². The number of aromatic nitrogens is 2. The molecule has 4 rings (SSSR count). The van der Waals surface area contributed by atoms with Crippen molar-refractivity contribution < 1.29 is 52.7 Å². The number of nitrogens with one attached hydrogen (secondary N) is 2. The van der Waals surface area contributed by atoms with Gasteiger partial charge in [0.05, 0.1) is 22.8 Å². The van der Waals surface area contributed by atoms with Crippen LogP contribution in [0.15, 0.2) is 63.2 Å². The van der Waals surface area contributed by atoms with Crippen molar-refractivity contribution in [1.29, 1.82) is 0 Å². The summed E-state index contributed by atoms with van der Waals surface area (Å²) in [7, 11) is -7.71. The van der Waals surface area contributed by atoms with E-state index in [-0.39, 0.29) is 30.0 Å². The minimum Gasteiger partial charge on any atom is -0.444 e. The fourth-order valence-corrected chi connectivity index (χ4v) is 8.07. The van der Waals surface area contributed by atoms with Gasteiger partial charge >= 0.3 is 17.8 Å². The minimum atomic E-state index is -6.17. The Bertz CT molecular complexity index is 2010. The van der Waals surface area contributed by atoms with Crippen molar-refractivity contribution >= 4 is 49.2 Å². The van der Waals surface area contributed by atoms with Gasteiger partial charge < -0.3 is 19.9 Å². The van der Waals surface area contributed by atoms with Gasteiger partial charge in [-0.3, -0.25) is 4.72 Å². The molecule has 12 nitrogen and oxygen atoms in total. The molecule has 1 aliphatic rings. The van der Waals surface area contributed by atoms with Crippen LogP contribution in [0.5, 0.6) is 0 Å². The number of hydrogen-bond acceptors (Lipinski definition) is 11. The number of sulfone groups is 1. The van der Waals surface area contributed by atoms with E-state index >= 15 is 0 Å². The van der Waals surface area contributed by atoms with Crippen LogP contribution in [-0.2, 0) is 43.7 Å². The number of sulfonamides is 1. The molecule has 1 aliphatic heterocycles. The number of fused-ring (bicyclic) bond motifs is 1. The monoisotopic (exact) mass is 812 g/mol. The van der Waals surface area contributed by atoms with E-state index in [1.807, 2.05) is 21.8 Å². The van der Waals surface area contributed by atoms with Gasteiger partial charge in [0.2, 0.25) is 5.82 Å². The van der Waals surface area contributed by atoms with Gasteiger partial charge in [-0.15, -0.1) is 11.8 Å². The Hall–Kier alpha value is -3.82. The second kappa shape index (κ2) is 15.9. The van der Waals surface area contributed by atoms with Crippen LogP contribution in [0.3, 0.4) is 0 Å². The van der Waals surface area contributed by atoms with Crippen LogP contribution in [0.1, 0.15) is 44.3 Å². The number of hydrogen-bond donors (Lipinski definition) is 2. The second-order valence-electron chi connectivity index (χ2n) is 13.2. The summed E-state index contributed by atoms with van der Waals surface area (Å²) in [5.74, 6) is -2.30. The molecule has 0 saturated carbocycles. The molecule has 1 atom stereocenters. The normalized spacial score (nSPS) is 14.8. The maximum absolute atomic E-state index is 14.0. The molecule has 0 radical (unpaired) electrons. The Morgan fingerprint density at radius 3 is 2.25 bits per heavy atom. The number of halogens is 6. The van der Waals surface area contributed by atoms with Gasteiger partial charge in [0.1, 0.15) is 16.3 Å². The lowest BCUT2D eigenvalue weighted by Crippen LogP contribution is -2.41. The van der Waals surface area contributed by atoms with E-state index in [2.05, 4.69) is 15.3 Å². The second-order valence-corrected chi connectivity index (χ2v) is 17.9. The SMILES string of the molecule is CN(C)CC[C@H](CSc1ccccc1)Nc1ccc(S(=O)(=O)Nc2nc(C(F)(F)F)nc3c2CCN(C(=O)OC(C)(C)C)C3)cc1S(=O)(=O)C(F)(F)F. The predicted molar refractivity (Wildman–Crippen MR) is 186 cm³/mol. The number of carbonyl (C=O) groups excluding carboxylic acids is 1. The molecule has 0 aliphatic carbocycles. The highest BCUT2D eigenvalue weighted by Crippen LogP contribution is 2.38. The molecule has 0 fully saturated rings. The van der Waals surface area contributed by atoms with Gasteiger partial charge in [-0.05, 0) is 84.6 Å². The standard InChI is InChI=1S/C32H38F6N6O6S3/c1-30(2,3)50-29(45)44-16-14-23-25(18-44)40-28(31(33,34)35)41-27(23)42-53(48,49)22-11-12-24(26(17-22)52(46,47)32(36,37)38)39-20(13-15-43(4)5)19-51-21-9-7-6-8-10-21/h6-12,17,20,39H,13-16,18-19H2,1-5H3,(H,40,41,42)/t20-/m1/s1. The lowest BCUT2D eigenvalue weighted by Gasteiger charge is -2.31. The van der Waals surface area contributed by atoms with Crippen LogP contribution in [-0.4, -0.2) is 92.8 Å². The number of alkyl halides is 6. The molecule has 0 bridgehead atoms. The third kappa shape index (κ3) is 10.9. The molecule has 2 N–H and O–H groups in total. The van der Waals surface area contributed by atoms with E-state index in [1.54, 1.807) is 53.1 Å². The summed E-state index contributed by atoms with van der Waals surface area (Å²) in [4.78, 5) is 20.9. The molecule has 1 aromatic heterocycles. The first-order valence-corrected chi connectivity index (χ1v) is 19.8. The van der Waals surface area contributed by atoms with Crippen LogP contribution in [0.25, 0.3) is 0 Å². The lowest BCUT2D eigenvalue weighted by atomic mass is 10.1. The summed E-state index contributed by atoms with van der Waals surface area (Å²) in [5.41, 5.74) is -7.76. The zero-order valence-electron chi connectivity index (χ0n) is 29.2. The van der Waals surface area contributed by atoms with Crippen LogP contribution in [0.4, 0.5) is 42.6 Å². The summed E-state index contributed by atoms with van der Waals surface area (Å²) in [6.45, 7) is 4.59. The summed E-state index contributed by atoms with van der Waals surface area (Å²) in [5, 5.41) is 2.84. The van der Waals surface area contributed by atoms with Crippen LogP contribution in [0, 0.1) is 0 Å². The number of benzene rings is 2. The maximum Gasteiger partial charge on any atom is 0.501 e. The Balaban J connectivity index is 1.74. The first kappa shape index (κ1) is 41.9. The highest BCUT2D eigenvalue weighted by Gasteiger charge is 2.48. The van der Waals surface area contributed by atoms with E-state index in [0.29, 0.717) is 19.0 Å². The molecule has 21 heteroatoms. The molecule has 0 spiro atoms. The van der Waals surface area contributed by atoms with Gasteiger partial charge in [0.15, 0.2) is 0 Å². The predicted octanol–water partition coefficient (Wildman–Crippen LogP) is 6.41. The van der Waals surface area contributed by atoms with Crippen LogP contribution >= 0.6 is 11.8 Å². The molecule has 0 saturated heterocycles. The average Bonchev–Trinajstić information content (AvgIpc) is 3.04. The summed E-state index contributed by atoms with van der Waals surface area (Å²) in [6, 6.07) is 10.4. The minimum absolute atomic E-state index is 0.109. The molecule has 3 aromatic rings. The summed E-state index contributed by atoms with van der Waals surface area (Å²) in [6.07, 6.45) is -5.90. The highest BCUT2D eigenvalue weighted by atomic mass is 32.2. The fourth-order valence-electron chi connectivity index (χ4n) is 4.99. The lowest BCUT2D eigenvalue weighted by molar-refractivity contribution is -0.145. The van der Waals surface area contributed by atoms with E-state index in [0.717, 1.165) is 21.9 Å². The number of anilines is 2. The molecule has 292 valence electrons. The number of thioether (sulfide) groups is 1. The van der Waals surface area contributed by atoms with Crippen molar-refractivity contribution in [2.75, 3.05) is 43.0 Å². The zero-order chi connectivity index (χ0) is 39.6. The van der Waals surface area contributed by atoms with Crippen molar-refractivity contribution in [1.82, 2.24) is 19.8 Å². The van der Waals surface area contributed by atoms with Gasteiger partial charge in [-0.1, -0.05) is 18.2 Å². The first-order chi connectivity index (χ1) is 24.4. The van der Waals surface area contributed by atoms with Crippen molar-refractivity contribution in [3.63, 3.8) is 0 Å². The Morgan fingerprint density at radius 1 is 1.00 bits per heavy atom. The fraction of sp³-hybridized carbons (Fsp3) is 0.469. The van der Waals surface area contributed by atoms with Crippen molar-refractivity contribution in [2.45, 2.75) is 78.2 Å². The molecule has 2 heterocycles. The third-order valence-electron chi connectivity index (χ3n) is 7.54. The molecule has 2 aromatic carbocycles. The number of amides is 1. The number of nitrogens with zero attached hydrogens (tertiary/aromatic N) is 4. The van der Waals surface area contributed by atoms with Crippen molar-refractivity contribution in [3.05, 3.63) is 65.6 Å². The third-order valence-corrected chi connectivity index (χ3v) is 11.6. The Morgan fingerprint density at radius 2 is 1.66 bits per heavy atom. The van der Waals surface area contributed by atoms with Crippen LogP contribution in [0.2, 0.25) is 0 Å². The number of ether oxygens (including phenoxy) is 1. The van der Waals surface area contributed by atoms with E-state index < -0.39 is 82.9 Å². The molecular weight excluding hydrogens is 775 g/mol. The highest BCUT2D eigenvalue weighted by molar-refractivity contribution is 7.99. The van der Waals surface area contributed by atoms with Gasteiger partial charge in [0.25, 0.3) is 19.9 Å².